The van der Waals surface area contributed by atoms with Gasteiger partial charge in [0.25, 0.3) is 5.91 Å². The summed E-state index contributed by atoms with van der Waals surface area (Å²) in [6.45, 7) is 3.43. The van der Waals surface area contributed by atoms with Crippen LogP contribution >= 0.6 is 11.3 Å². The highest BCUT2D eigenvalue weighted by Gasteiger charge is 2.48. The molecule has 0 saturated heterocycles. The highest BCUT2D eigenvalue weighted by atomic mass is 32.2. The van der Waals surface area contributed by atoms with Crippen LogP contribution in [0.3, 0.4) is 0 Å². The fourth-order valence-electron chi connectivity index (χ4n) is 3.12. The molecule has 1 heterocycles. The Kier molecular flexibility index (Phi) is 6.45. The van der Waals surface area contributed by atoms with Crippen molar-refractivity contribution in [2.75, 3.05) is 12.9 Å². The predicted octanol–water partition coefficient (Wildman–Crippen LogP) is 1.91. The number of aryl methyl sites for hydroxylation is 1. The number of fused-ring (bicyclic) bond motifs is 1. The van der Waals surface area contributed by atoms with Crippen LogP contribution in [0.2, 0.25) is 0 Å². The zero-order chi connectivity index (χ0) is 22.9. The number of aromatic nitrogens is 1. The maximum Gasteiger partial charge on any atom is 0.264 e. The summed E-state index contributed by atoms with van der Waals surface area (Å²) in [5, 5.41) is 18.9. The fourth-order valence-corrected chi connectivity index (χ4v) is 4.98. The Morgan fingerprint density at radius 2 is 2.16 bits per heavy atom. The van der Waals surface area contributed by atoms with Gasteiger partial charge < -0.3 is 5.11 Å². The van der Waals surface area contributed by atoms with Crippen LogP contribution in [0.1, 0.15) is 37.3 Å². The predicted molar refractivity (Wildman–Crippen MR) is 119 cm³/mol. The third-order valence-corrected chi connectivity index (χ3v) is 8.98. The van der Waals surface area contributed by atoms with Crippen molar-refractivity contribution >= 4 is 37.3 Å². The molecular weight excluding hydrogens is 436 g/mol. The summed E-state index contributed by atoms with van der Waals surface area (Å²) >= 11 is 1.41. The number of carbonyl (C=O) groups excluding carboxylic acids is 1. The number of aliphatic hydroxyl groups is 1. The van der Waals surface area contributed by atoms with Crippen LogP contribution in [0, 0.1) is 35.0 Å². The summed E-state index contributed by atoms with van der Waals surface area (Å²) in [6, 6.07) is 5.58. The van der Waals surface area contributed by atoms with Crippen molar-refractivity contribution < 1.29 is 23.5 Å². The van der Waals surface area contributed by atoms with E-state index in [0.29, 0.717) is 5.01 Å². The van der Waals surface area contributed by atoms with Crippen LogP contribution in [0.4, 0.5) is 0 Å². The molecule has 3 N–H and O–H groups in total. The first kappa shape index (κ1) is 23.2. The highest BCUT2D eigenvalue weighted by molar-refractivity contribution is 7.92. The van der Waals surface area contributed by atoms with E-state index in [1.807, 2.05) is 25.1 Å². The topological polar surface area (TPSA) is 117 Å². The van der Waals surface area contributed by atoms with E-state index in [-0.39, 0.29) is 30.8 Å². The van der Waals surface area contributed by atoms with E-state index >= 15 is 0 Å². The Hall–Kier alpha value is -2.43. The maximum absolute atomic E-state index is 12.1. The van der Waals surface area contributed by atoms with Crippen molar-refractivity contribution in [3.8, 4) is 23.7 Å². The number of thiazole rings is 1. The van der Waals surface area contributed by atoms with Gasteiger partial charge in [-0.25, -0.2) is 18.9 Å². The zero-order valence-corrected chi connectivity index (χ0v) is 19.2. The van der Waals surface area contributed by atoms with Crippen molar-refractivity contribution in [3.05, 3.63) is 28.8 Å². The van der Waals surface area contributed by atoms with Gasteiger partial charge in [0.2, 0.25) is 0 Å². The highest BCUT2D eigenvalue weighted by Crippen LogP contribution is 2.51. The minimum Gasteiger partial charge on any atom is -0.396 e. The van der Waals surface area contributed by atoms with E-state index in [1.165, 1.54) is 23.7 Å². The van der Waals surface area contributed by atoms with Crippen molar-refractivity contribution in [2.24, 2.45) is 11.3 Å². The van der Waals surface area contributed by atoms with E-state index in [2.05, 4.69) is 28.7 Å². The van der Waals surface area contributed by atoms with Gasteiger partial charge in [0.05, 0.1) is 15.2 Å². The Labute approximate surface area is 185 Å². The molecule has 2 aromatic rings. The molecule has 1 aliphatic carbocycles. The van der Waals surface area contributed by atoms with Crippen molar-refractivity contribution in [3.63, 3.8) is 0 Å². The fraction of sp³-hybridized carbons (Fsp3) is 0.455. The number of carbonyl (C=O) groups is 1. The van der Waals surface area contributed by atoms with Gasteiger partial charge in [-0.3, -0.25) is 10.0 Å². The van der Waals surface area contributed by atoms with Gasteiger partial charge in [-0.05, 0) is 49.8 Å². The normalized spacial score (nSPS) is 21.9. The molecule has 1 amide bonds. The first-order valence-electron chi connectivity index (χ1n) is 9.68. The molecule has 1 fully saturated rings. The molecule has 9 heteroatoms. The molecule has 31 heavy (non-hydrogen) atoms. The first-order chi connectivity index (χ1) is 14.5. The largest absolute Gasteiger partial charge is 0.396 e. The summed E-state index contributed by atoms with van der Waals surface area (Å²) < 4.78 is 23.3. The number of hydroxylamine groups is 1. The van der Waals surface area contributed by atoms with Gasteiger partial charge in [-0.2, -0.15) is 0 Å². The van der Waals surface area contributed by atoms with Crippen LogP contribution < -0.4 is 5.48 Å². The van der Waals surface area contributed by atoms with E-state index in [9.17, 15) is 18.3 Å². The minimum absolute atomic E-state index is 0.00573. The lowest BCUT2D eigenvalue weighted by Gasteiger charge is -2.24. The van der Waals surface area contributed by atoms with Crippen molar-refractivity contribution in [1.82, 2.24) is 10.5 Å². The molecule has 1 aromatic heterocycles. The summed E-state index contributed by atoms with van der Waals surface area (Å²) in [4.78, 5) is 16.5. The Morgan fingerprint density at radius 3 is 2.77 bits per heavy atom. The average Bonchev–Trinajstić information content (AvgIpc) is 3.20. The standard InChI is InChI=1S/C22H24N2O5S2/c1-21(14-25)13-16(21)7-5-4-6-15-8-9-17-18(12-15)30-19(23-17)10-11-22(2,20(26)24-27)31(3,28)29/h8-9,12,16,25,27H,10-11,13-14H2,1-3H3,(H,24,26)/t16?,21-,22+/m0/s1. The van der Waals surface area contributed by atoms with Gasteiger partial charge in [0.1, 0.15) is 4.75 Å². The molecular formula is C22H24N2O5S2. The lowest BCUT2D eigenvalue weighted by Crippen LogP contribution is -2.49. The number of nitrogens with one attached hydrogen (secondary N) is 1. The lowest BCUT2D eigenvalue weighted by atomic mass is 10.0. The summed E-state index contributed by atoms with van der Waals surface area (Å²) in [6.07, 6.45) is 2.14. The number of hydrogen-bond acceptors (Lipinski definition) is 7. The minimum atomic E-state index is -3.75. The van der Waals surface area contributed by atoms with E-state index < -0.39 is 20.5 Å². The SMILES string of the molecule is C[C@@]1(CO)CC1C#CC#Cc1ccc2nc(CC[C@](C)(C(=O)NO)S(C)(=O)=O)sc2c1. The molecule has 3 rings (SSSR count). The van der Waals surface area contributed by atoms with E-state index in [4.69, 9.17) is 5.21 Å². The number of hydrogen-bond donors (Lipinski definition) is 3. The maximum atomic E-state index is 12.1. The number of aliphatic hydroxyl groups excluding tert-OH is 1. The van der Waals surface area contributed by atoms with Gasteiger partial charge in [-0.1, -0.05) is 18.8 Å². The van der Waals surface area contributed by atoms with Gasteiger partial charge >= 0.3 is 0 Å². The van der Waals surface area contributed by atoms with Crippen LogP contribution in [0.15, 0.2) is 18.2 Å². The zero-order valence-electron chi connectivity index (χ0n) is 17.5. The Morgan fingerprint density at radius 1 is 1.42 bits per heavy atom. The smallest absolute Gasteiger partial charge is 0.264 e. The van der Waals surface area contributed by atoms with E-state index in [0.717, 1.165) is 28.5 Å². The second-order valence-corrected chi connectivity index (χ2v) is 11.9. The van der Waals surface area contributed by atoms with Crippen molar-refractivity contribution in [1.29, 1.82) is 0 Å². The van der Waals surface area contributed by atoms with Gasteiger partial charge in [0.15, 0.2) is 9.84 Å². The Balaban J connectivity index is 1.72. The molecule has 0 bridgehead atoms. The molecule has 0 spiro atoms. The van der Waals surface area contributed by atoms with Crippen LogP contribution in [0.25, 0.3) is 10.2 Å². The number of benzene rings is 1. The Bertz CT molecular complexity index is 1250. The second kappa shape index (κ2) is 8.60. The molecule has 1 aliphatic rings. The molecule has 164 valence electrons. The summed E-state index contributed by atoms with van der Waals surface area (Å²) in [5.41, 5.74) is 2.92. The van der Waals surface area contributed by atoms with Crippen LogP contribution in [-0.2, 0) is 21.1 Å². The van der Waals surface area contributed by atoms with Crippen molar-refractivity contribution in [2.45, 2.75) is 37.9 Å². The number of nitrogens with zero attached hydrogens (tertiary/aromatic N) is 1. The molecule has 1 saturated carbocycles. The second-order valence-electron chi connectivity index (χ2n) is 8.32. The molecule has 0 aliphatic heterocycles. The molecule has 7 nitrogen and oxygen atoms in total. The van der Waals surface area contributed by atoms with Gasteiger partial charge in [-0.15, -0.1) is 11.3 Å². The number of rotatable bonds is 6. The van der Waals surface area contributed by atoms with Crippen LogP contribution in [-0.4, -0.2) is 47.2 Å². The number of sulfone groups is 1. The van der Waals surface area contributed by atoms with Crippen LogP contribution in [0.5, 0.6) is 0 Å². The monoisotopic (exact) mass is 460 g/mol. The number of amides is 1. The van der Waals surface area contributed by atoms with E-state index in [1.54, 1.807) is 0 Å². The molecule has 1 unspecified atom stereocenters. The quantitative estimate of drug-likeness (QED) is 0.344. The third-order valence-electron chi connectivity index (χ3n) is 5.88. The molecule has 1 aromatic carbocycles. The average molecular weight is 461 g/mol. The third kappa shape index (κ3) is 4.91. The van der Waals surface area contributed by atoms with Gasteiger partial charge in [0, 0.05) is 36.2 Å². The molecule has 3 atom stereocenters. The summed E-state index contributed by atoms with van der Waals surface area (Å²) in [7, 11) is -3.75. The molecule has 0 radical (unpaired) electrons. The first-order valence-corrected chi connectivity index (χ1v) is 12.4. The lowest BCUT2D eigenvalue weighted by molar-refractivity contribution is -0.131. The summed E-state index contributed by atoms with van der Waals surface area (Å²) in [5.74, 6) is 11.0.